The van der Waals surface area contributed by atoms with Gasteiger partial charge in [-0.15, -0.1) is 0 Å². The number of halogens is 1. The van der Waals surface area contributed by atoms with E-state index in [9.17, 15) is 14.0 Å². The second-order valence-corrected chi connectivity index (χ2v) is 7.74. The number of amides is 3. The molecule has 2 atom stereocenters. The van der Waals surface area contributed by atoms with Gasteiger partial charge >= 0.3 is 6.03 Å². The minimum Gasteiger partial charge on any atom is -0.374 e. The van der Waals surface area contributed by atoms with Crippen LogP contribution in [0.25, 0.3) is 0 Å². The van der Waals surface area contributed by atoms with Crippen LogP contribution in [-0.2, 0) is 11.3 Å². The summed E-state index contributed by atoms with van der Waals surface area (Å²) in [7, 11) is 0. The standard InChI is InChI=1S/C23H26FN3O3/c24-19-9-2-1-6-17(19)15-25-22(28)16-7-5-8-18(14-16)26-23(29)27-12-13-30-21-11-4-3-10-20(21)27/h1-2,5-9,14,20-21H,3-4,10-13,15H2,(H,25,28)(H,26,29). The van der Waals surface area contributed by atoms with E-state index in [1.165, 1.54) is 6.07 Å². The van der Waals surface area contributed by atoms with Crippen LogP contribution in [0.2, 0.25) is 0 Å². The average Bonchev–Trinajstić information content (AvgIpc) is 2.78. The molecule has 3 amide bonds. The Kier molecular flexibility index (Phi) is 6.28. The van der Waals surface area contributed by atoms with E-state index in [1.807, 2.05) is 4.90 Å². The summed E-state index contributed by atoms with van der Waals surface area (Å²) in [6.07, 6.45) is 4.31. The number of carbonyl (C=O) groups excluding carboxylic acids is 2. The zero-order valence-corrected chi connectivity index (χ0v) is 16.8. The Balaban J connectivity index is 1.38. The molecule has 0 radical (unpaired) electrons. The minimum absolute atomic E-state index is 0.0962. The molecule has 7 heteroatoms. The number of morpholine rings is 1. The highest BCUT2D eigenvalue weighted by Gasteiger charge is 2.36. The second-order valence-electron chi connectivity index (χ2n) is 7.74. The fourth-order valence-electron chi connectivity index (χ4n) is 4.20. The summed E-state index contributed by atoms with van der Waals surface area (Å²) in [5, 5.41) is 5.63. The molecule has 2 aromatic carbocycles. The number of carbonyl (C=O) groups is 2. The van der Waals surface area contributed by atoms with Crippen molar-refractivity contribution in [2.24, 2.45) is 0 Å². The Hall–Kier alpha value is -2.93. The molecular formula is C23H26FN3O3. The summed E-state index contributed by atoms with van der Waals surface area (Å²) in [5.41, 5.74) is 1.38. The van der Waals surface area contributed by atoms with Gasteiger partial charge < -0.3 is 20.3 Å². The van der Waals surface area contributed by atoms with Crippen LogP contribution in [-0.4, -0.2) is 42.1 Å². The molecule has 2 aliphatic rings. The zero-order valence-electron chi connectivity index (χ0n) is 16.8. The van der Waals surface area contributed by atoms with Gasteiger partial charge in [0.15, 0.2) is 0 Å². The maximum Gasteiger partial charge on any atom is 0.322 e. The fraction of sp³-hybridized carbons (Fsp3) is 0.391. The molecule has 0 aromatic heterocycles. The van der Waals surface area contributed by atoms with E-state index >= 15 is 0 Å². The first-order chi connectivity index (χ1) is 14.6. The van der Waals surface area contributed by atoms with Gasteiger partial charge in [0.25, 0.3) is 5.91 Å². The van der Waals surface area contributed by atoms with Crippen molar-refractivity contribution in [2.75, 3.05) is 18.5 Å². The molecule has 1 aliphatic heterocycles. The van der Waals surface area contributed by atoms with Gasteiger partial charge in [-0.05, 0) is 37.1 Å². The number of nitrogens with zero attached hydrogens (tertiary/aromatic N) is 1. The van der Waals surface area contributed by atoms with Crippen LogP contribution in [0, 0.1) is 5.82 Å². The lowest BCUT2D eigenvalue weighted by atomic mass is 9.90. The van der Waals surface area contributed by atoms with E-state index in [2.05, 4.69) is 10.6 Å². The molecule has 30 heavy (non-hydrogen) atoms. The molecule has 4 rings (SSSR count). The van der Waals surface area contributed by atoms with Crippen LogP contribution >= 0.6 is 0 Å². The van der Waals surface area contributed by atoms with E-state index in [0.29, 0.717) is 30.0 Å². The van der Waals surface area contributed by atoms with Crippen LogP contribution in [0.3, 0.4) is 0 Å². The van der Waals surface area contributed by atoms with Crippen LogP contribution in [0.15, 0.2) is 48.5 Å². The van der Waals surface area contributed by atoms with Crippen LogP contribution in [0.5, 0.6) is 0 Å². The van der Waals surface area contributed by atoms with E-state index in [1.54, 1.807) is 42.5 Å². The number of urea groups is 1. The first-order valence-corrected chi connectivity index (χ1v) is 10.4. The topological polar surface area (TPSA) is 70.7 Å². The van der Waals surface area contributed by atoms with E-state index in [0.717, 1.165) is 25.7 Å². The number of nitrogens with one attached hydrogen (secondary N) is 2. The lowest BCUT2D eigenvalue weighted by Crippen LogP contribution is -2.55. The molecule has 1 saturated heterocycles. The number of fused-ring (bicyclic) bond motifs is 1. The van der Waals surface area contributed by atoms with E-state index < -0.39 is 0 Å². The average molecular weight is 411 g/mol. The van der Waals surface area contributed by atoms with Gasteiger partial charge in [-0.1, -0.05) is 37.1 Å². The van der Waals surface area contributed by atoms with Crippen molar-refractivity contribution in [1.82, 2.24) is 10.2 Å². The highest BCUT2D eigenvalue weighted by atomic mass is 19.1. The molecule has 6 nitrogen and oxygen atoms in total. The Bertz CT molecular complexity index is 918. The summed E-state index contributed by atoms with van der Waals surface area (Å²) < 4.78 is 19.6. The van der Waals surface area contributed by atoms with Crippen molar-refractivity contribution in [1.29, 1.82) is 0 Å². The molecule has 158 valence electrons. The predicted molar refractivity (Wildman–Crippen MR) is 112 cm³/mol. The zero-order chi connectivity index (χ0) is 20.9. The summed E-state index contributed by atoms with van der Waals surface area (Å²) >= 11 is 0. The van der Waals surface area contributed by atoms with Gasteiger partial charge in [0.2, 0.25) is 0 Å². The van der Waals surface area contributed by atoms with Gasteiger partial charge in [-0.25, -0.2) is 9.18 Å². The third-order valence-corrected chi connectivity index (χ3v) is 5.77. The number of anilines is 1. The third-order valence-electron chi connectivity index (χ3n) is 5.77. The molecule has 2 N–H and O–H groups in total. The van der Waals surface area contributed by atoms with Gasteiger partial charge in [-0.3, -0.25) is 4.79 Å². The lowest BCUT2D eigenvalue weighted by molar-refractivity contribution is -0.0694. The minimum atomic E-state index is -0.356. The predicted octanol–water partition coefficient (Wildman–Crippen LogP) is 3.93. The first-order valence-electron chi connectivity index (χ1n) is 10.4. The Morgan fingerprint density at radius 2 is 1.93 bits per heavy atom. The summed E-state index contributed by atoms with van der Waals surface area (Å²) in [4.78, 5) is 27.2. The van der Waals surface area contributed by atoms with Gasteiger partial charge in [-0.2, -0.15) is 0 Å². The Morgan fingerprint density at radius 1 is 1.10 bits per heavy atom. The molecular weight excluding hydrogens is 385 g/mol. The van der Waals surface area contributed by atoms with Gasteiger partial charge in [0.05, 0.1) is 18.8 Å². The SMILES string of the molecule is O=C(NCc1ccccc1F)c1cccc(NC(=O)N2CCOC3CCCCC32)c1. The molecule has 2 aromatic rings. The van der Waals surface area contributed by atoms with E-state index in [4.69, 9.17) is 4.74 Å². The highest BCUT2D eigenvalue weighted by molar-refractivity contribution is 5.97. The monoisotopic (exact) mass is 411 g/mol. The molecule has 2 unspecified atom stereocenters. The van der Waals surface area contributed by atoms with E-state index in [-0.39, 0.29) is 36.4 Å². The molecule has 1 heterocycles. The fourth-order valence-corrected chi connectivity index (χ4v) is 4.20. The summed E-state index contributed by atoms with van der Waals surface area (Å²) in [6, 6.07) is 13.0. The number of hydrogen-bond acceptors (Lipinski definition) is 3. The second kappa shape index (κ2) is 9.26. The summed E-state index contributed by atoms with van der Waals surface area (Å²) in [6.45, 7) is 1.21. The smallest absolute Gasteiger partial charge is 0.322 e. The Labute approximate surface area is 175 Å². The quantitative estimate of drug-likeness (QED) is 0.801. The van der Waals surface area contributed by atoms with Crippen LogP contribution < -0.4 is 10.6 Å². The summed E-state index contributed by atoms with van der Waals surface area (Å²) in [5.74, 6) is -0.682. The normalized spacial score (nSPS) is 20.9. The number of rotatable bonds is 4. The number of hydrogen-bond donors (Lipinski definition) is 2. The largest absolute Gasteiger partial charge is 0.374 e. The first kappa shape index (κ1) is 20.3. The molecule has 2 fully saturated rings. The Morgan fingerprint density at radius 3 is 2.80 bits per heavy atom. The molecule has 1 aliphatic carbocycles. The van der Waals surface area contributed by atoms with Crippen molar-refractivity contribution in [3.8, 4) is 0 Å². The van der Waals surface area contributed by atoms with Crippen molar-refractivity contribution in [2.45, 2.75) is 44.4 Å². The number of ether oxygens (including phenoxy) is 1. The maximum atomic E-state index is 13.7. The van der Waals surface area contributed by atoms with Crippen LogP contribution in [0.1, 0.15) is 41.6 Å². The molecule has 0 bridgehead atoms. The maximum absolute atomic E-state index is 13.7. The molecule has 0 spiro atoms. The van der Waals surface area contributed by atoms with Gasteiger partial charge in [0, 0.05) is 29.9 Å². The van der Waals surface area contributed by atoms with Crippen molar-refractivity contribution < 1.29 is 18.7 Å². The third kappa shape index (κ3) is 4.62. The van der Waals surface area contributed by atoms with Crippen molar-refractivity contribution in [3.63, 3.8) is 0 Å². The van der Waals surface area contributed by atoms with Gasteiger partial charge in [0.1, 0.15) is 5.82 Å². The lowest BCUT2D eigenvalue weighted by Gasteiger charge is -2.43. The number of benzene rings is 2. The van der Waals surface area contributed by atoms with Crippen LogP contribution in [0.4, 0.5) is 14.9 Å². The van der Waals surface area contributed by atoms with Crippen molar-refractivity contribution in [3.05, 3.63) is 65.5 Å². The molecule has 1 saturated carbocycles. The highest BCUT2D eigenvalue weighted by Crippen LogP contribution is 2.29. The van der Waals surface area contributed by atoms with Crippen molar-refractivity contribution >= 4 is 17.6 Å².